The summed E-state index contributed by atoms with van der Waals surface area (Å²) in [6.45, 7) is 6.34. The van der Waals surface area contributed by atoms with Gasteiger partial charge in [-0.1, -0.05) is 13.8 Å². The summed E-state index contributed by atoms with van der Waals surface area (Å²) in [5.74, 6) is 0.604. The summed E-state index contributed by atoms with van der Waals surface area (Å²) in [4.78, 5) is 11.4. The Labute approximate surface area is 119 Å². The lowest BCUT2D eigenvalue weighted by atomic mass is 10.0. The average molecular weight is 277 g/mol. The van der Waals surface area contributed by atoms with Crippen molar-refractivity contribution in [2.24, 2.45) is 5.92 Å². The van der Waals surface area contributed by atoms with Gasteiger partial charge in [-0.05, 0) is 30.0 Å². The first kappa shape index (κ1) is 14.7. The normalized spacial score (nSPS) is 14.1. The van der Waals surface area contributed by atoms with E-state index in [2.05, 4.69) is 24.5 Å². The average Bonchev–Trinajstić information content (AvgIpc) is 2.39. The van der Waals surface area contributed by atoms with Crippen LogP contribution in [0.2, 0.25) is 0 Å². The fraction of sp³-hybridized carbons (Fsp3) is 0.533. The lowest BCUT2D eigenvalue weighted by Crippen LogP contribution is -2.20. The summed E-state index contributed by atoms with van der Waals surface area (Å²) >= 11 is 0. The highest BCUT2D eigenvalue weighted by molar-refractivity contribution is 5.95. The Morgan fingerprint density at radius 2 is 2.20 bits per heavy atom. The van der Waals surface area contributed by atoms with Crippen LogP contribution >= 0.6 is 0 Å². The van der Waals surface area contributed by atoms with Gasteiger partial charge in [0, 0.05) is 25.3 Å². The summed E-state index contributed by atoms with van der Waals surface area (Å²) in [6, 6.07) is 3.84. The van der Waals surface area contributed by atoms with Crippen molar-refractivity contribution in [1.82, 2.24) is 0 Å². The maximum Gasteiger partial charge on any atom is 0.224 e. The molecule has 0 radical (unpaired) electrons. The second kappa shape index (κ2) is 6.61. The fourth-order valence-corrected chi connectivity index (χ4v) is 2.18. The van der Waals surface area contributed by atoms with Crippen molar-refractivity contribution in [3.63, 3.8) is 0 Å². The van der Waals surface area contributed by atoms with Gasteiger partial charge in [0.1, 0.15) is 0 Å². The van der Waals surface area contributed by atoms with E-state index in [4.69, 9.17) is 10.5 Å². The van der Waals surface area contributed by atoms with Crippen LogP contribution in [-0.2, 0) is 16.0 Å². The van der Waals surface area contributed by atoms with E-state index < -0.39 is 0 Å². The molecule has 0 bridgehead atoms. The first-order chi connectivity index (χ1) is 9.56. The summed E-state index contributed by atoms with van der Waals surface area (Å²) in [5, 5.41) is 6.13. The number of nitrogens with two attached hydrogens (primary N) is 1. The van der Waals surface area contributed by atoms with Crippen molar-refractivity contribution in [2.45, 2.75) is 26.7 Å². The Balaban J connectivity index is 1.91. The maximum atomic E-state index is 11.4. The first-order valence-electron chi connectivity index (χ1n) is 7.10. The summed E-state index contributed by atoms with van der Waals surface area (Å²) in [7, 11) is 0. The first-order valence-corrected chi connectivity index (χ1v) is 7.10. The molecule has 1 aromatic carbocycles. The van der Waals surface area contributed by atoms with Crippen LogP contribution in [0.3, 0.4) is 0 Å². The molecule has 0 spiro atoms. The number of nitrogens with one attached hydrogen (secondary N) is 2. The zero-order chi connectivity index (χ0) is 14.5. The number of hydrogen-bond acceptors (Lipinski definition) is 4. The lowest BCUT2D eigenvalue weighted by Gasteiger charge is -2.20. The van der Waals surface area contributed by atoms with Crippen LogP contribution in [0.1, 0.15) is 25.8 Å². The Kier molecular flexibility index (Phi) is 4.84. The highest BCUT2D eigenvalue weighted by atomic mass is 16.5. The SMILES string of the molecule is CC(C)COCCNc1cc2c(cc1N)CCC(=O)N2. The lowest BCUT2D eigenvalue weighted by molar-refractivity contribution is -0.116. The molecule has 5 heteroatoms. The number of nitrogen functional groups attached to an aromatic ring is 1. The van der Waals surface area contributed by atoms with Crippen molar-refractivity contribution in [3.05, 3.63) is 17.7 Å². The Bertz CT molecular complexity index is 486. The number of ether oxygens (including phenoxy) is 1. The molecule has 0 unspecified atom stereocenters. The molecular weight excluding hydrogens is 254 g/mol. The monoisotopic (exact) mass is 277 g/mol. The molecule has 2 rings (SSSR count). The standard InChI is InChI=1S/C15H23N3O2/c1-10(2)9-20-6-5-17-14-8-13-11(7-12(14)16)3-4-15(19)18-13/h7-8,10,17H,3-6,9,16H2,1-2H3,(H,18,19). The van der Waals surface area contributed by atoms with Gasteiger partial charge in [0.05, 0.1) is 18.0 Å². The third-order valence-electron chi connectivity index (χ3n) is 3.18. The van der Waals surface area contributed by atoms with Crippen molar-refractivity contribution < 1.29 is 9.53 Å². The highest BCUT2D eigenvalue weighted by Gasteiger charge is 2.16. The number of aryl methyl sites for hydroxylation is 1. The fourth-order valence-electron chi connectivity index (χ4n) is 2.18. The summed E-state index contributed by atoms with van der Waals surface area (Å²) in [6.07, 6.45) is 1.28. The van der Waals surface area contributed by atoms with E-state index in [9.17, 15) is 4.79 Å². The zero-order valence-electron chi connectivity index (χ0n) is 12.2. The number of amides is 1. The Hall–Kier alpha value is -1.75. The van der Waals surface area contributed by atoms with Crippen LogP contribution in [0.5, 0.6) is 0 Å². The second-order valence-electron chi connectivity index (χ2n) is 5.54. The molecule has 0 aromatic heterocycles. The molecule has 0 saturated heterocycles. The number of hydrogen-bond donors (Lipinski definition) is 3. The third kappa shape index (κ3) is 3.87. The minimum atomic E-state index is 0.0634. The van der Waals surface area contributed by atoms with Gasteiger partial charge in [0.2, 0.25) is 5.91 Å². The molecule has 0 aliphatic carbocycles. The van der Waals surface area contributed by atoms with E-state index in [-0.39, 0.29) is 5.91 Å². The number of anilines is 3. The van der Waals surface area contributed by atoms with Crippen molar-refractivity contribution in [2.75, 3.05) is 36.1 Å². The van der Waals surface area contributed by atoms with Crippen LogP contribution < -0.4 is 16.4 Å². The van der Waals surface area contributed by atoms with Gasteiger partial charge in [0.25, 0.3) is 0 Å². The van der Waals surface area contributed by atoms with Gasteiger partial charge in [-0.3, -0.25) is 4.79 Å². The zero-order valence-corrected chi connectivity index (χ0v) is 12.2. The number of carbonyl (C=O) groups is 1. The van der Waals surface area contributed by atoms with Crippen LogP contribution in [-0.4, -0.2) is 25.7 Å². The van der Waals surface area contributed by atoms with Crippen LogP contribution in [0.15, 0.2) is 12.1 Å². The molecule has 1 aromatic rings. The molecule has 1 aliphatic heterocycles. The molecule has 0 atom stereocenters. The minimum Gasteiger partial charge on any atom is -0.397 e. The van der Waals surface area contributed by atoms with E-state index >= 15 is 0 Å². The number of benzene rings is 1. The number of rotatable bonds is 6. The highest BCUT2D eigenvalue weighted by Crippen LogP contribution is 2.30. The summed E-state index contributed by atoms with van der Waals surface area (Å²) < 4.78 is 5.51. The summed E-state index contributed by atoms with van der Waals surface area (Å²) in [5.41, 5.74) is 9.55. The van der Waals surface area contributed by atoms with Gasteiger partial charge in [-0.2, -0.15) is 0 Å². The molecule has 1 amide bonds. The number of fused-ring (bicyclic) bond motifs is 1. The molecule has 110 valence electrons. The van der Waals surface area contributed by atoms with Gasteiger partial charge in [0.15, 0.2) is 0 Å². The molecule has 0 saturated carbocycles. The number of carbonyl (C=O) groups excluding carboxylic acids is 1. The van der Waals surface area contributed by atoms with E-state index in [0.29, 0.717) is 31.2 Å². The smallest absolute Gasteiger partial charge is 0.224 e. The van der Waals surface area contributed by atoms with Crippen molar-refractivity contribution in [1.29, 1.82) is 0 Å². The molecule has 1 aliphatic rings. The van der Waals surface area contributed by atoms with Gasteiger partial charge in [-0.15, -0.1) is 0 Å². The predicted octanol–water partition coefficient (Wildman–Crippen LogP) is 2.24. The molecule has 1 heterocycles. The van der Waals surface area contributed by atoms with E-state index in [1.807, 2.05) is 12.1 Å². The van der Waals surface area contributed by atoms with Gasteiger partial charge in [-0.25, -0.2) is 0 Å². The Morgan fingerprint density at radius 1 is 1.40 bits per heavy atom. The molecule has 0 fully saturated rings. The maximum absolute atomic E-state index is 11.4. The third-order valence-corrected chi connectivity index (χ3v) is 3.18. The van der Waals surface area contributed by atoms with Crippen molar-refractivity contribution in [3.8, 4) is 0 Å². The van der Waals surface area contributed by atoms with Gasteiger partial charge < -0.3 is 21.1 Å². The predicted molar refractivity (Wildman–Crippen MR) is 82.0 cm³/mol. The molecule has 20 heavy (non-hydrogen) atoms. The van der Waals surface area contributed by atoms with E-state index in [1.165, 1.54) is 0 Å². The molecule has 4 N–H and O–H groups in total. The quantitative estimate of drug-likeness (QED) is 0.550. The second-order valence-corrected chi connectivity index (χ2v) is 5.54. The van der Waals surface area contributed by atoms with Gasteiger partial charge >= 0.3 is 0 Å². The van der Waals surface area contributed by atoms with E-state index in [1.54, 1.807) is 0 Å². The molecular formula is C15H23N3O2. The topological polar surface area (TPSA) is 76.4 Å². The molecule has 5 nitrogen and oxygen atoms in total. The van der Waals surface area contributed by atoms with Crippen LogP contribution in [0, 0.1) is 5.92 Å². The van der Waals surface area contributed by atoms with Crippen LogP contribution in [0.4, 0.5) is 17.1 Å². The van der Waals surface area contributed by atoms with E-state index in [0.717, 1.165) is 30.0 Å². The van der Waals surface area contributed by atoms with Crippen LogP contribution in [0.25, 0.3) is 0 Å². The largest absolute Gasteiger partial charge is 0.397 e. The Morgan fingerprint density at radius 3 is 2.95 bits per heavy atom. The van der Waals surface area contributed by atoms with Crippen molar-refractivity contribution >= 4 is 23.0 Å². The minimum absolute atomic E-state index is 0.0634.